The number of hydrogen-bond donors (Lipinski definition) is 2. The fourth-order valence-electron chi connectivity index (χ4n) is 4.55. The molecule has 3 N–H and O–H groups in total. The van der Waals surface area contributed by atoms with E-state index >= 15 is 4.39 Å². The van der Waals surface area contributed by atoms with E-state index in [4.69, 9.17) is 10.5 Å². The van der Waals surface area contributed by atoms with Crippen LogP contribution in [0, 0.1) is 17.1 Å². The van der Waals surface area contributed by atoms with E-state index < -0.39 is 34.2 Å². The molecule has 2 aromatic rings. The van der Waals surface area contributed by atoms with Crippen molar-refractivity contribution in [2.45, 2.75) is 35.2 Å². The van der Waals surface area contributed by atoms with Crippen LogP contribution in [-0.2, 0) is 4.79 Å². The number of nitrogens with two attached hydrogens (primary N) is 1. The van der Waals surface area contributed by atoms with Crippen molar-refractivity contribution in [1.29, 1.82) is 5.26 Å². The molecule has 1 saturated heterocycles. The third-order valence-corrected chi connectivity index (χ3v) is 7.31. The van der Waals surface area contributed by atoms with Crippen molar-refractivity contribution >= 4 is 40.0 Å². The lowest BCUT2D eigenvalue weighted by atomic mass is 10.0. The van der Waals surface area contributed by atoms with Crippen molar-refractivity contribution in [2.24, 2.45) is 5.73 Å². The number of carbonyl (C=O) groups is 2. The highest BCUT2D eigenvalue weighted by Gasteiger charge is 2.42. The Labute approximate surface area is 186 Å². The number of benzene rings is 1. The van der Waals surface area contributed by atoms with Gasteiger partial charge in [-0.1, -0.05) is 11.8 Å². The van der Waals surface area contributed by atoms with E-state index in [9.17, 15) is 19.6 Å². The number of Topliss-reactive ketones (excluding diaryl/α,β-unsaturated/α-hetero) is 1. The van der Waals surface area contributed by atoms with E-state index in [0.717, 1.165) is 30.7 Å². The molecule has 2 unspecified atom stereocenters. The predicted octanol–water partition coefficient (Wildman–Crippen LogP) is 0.928. The lowest BCUT2D eigenvalue weighted by Gasteiger charge is -2.37. The number of aromatic nitrogens is 1. The molecule has 1 amide bonds. The van der Waals surface area contributed by atoms with Crippen LogP contribution >= 0.6 is 11.8 Å². The number of ether oxygens (including phenoxy) is 1. The van der Waals surface area contributed by atoms with E-state index in [1.165, 1.54) is 7.11 Å². The number of rotatable bonds is 4. The van der Waals surface area contributed by atoms with E-state index in [0.29, 0.717) is 23.6 Å². The average Bonchev–Trinajstić information content (AvgIpc) is 3.56. The van der Waals surface area contributed by atoms with Crippen LogP contribution in [0.15, 0.2) is 15.9 Å². The number of nitrogens with one attached hydrogen (secondary N) is 1. The SMILES string of the molecule is COc1c(N2CCNCC2C(N)=O)c(F)cc2c(=O)c3c(n(C4CC4)c12)SC(C#N)C3=O. The molecule has 11 heteroatoms. The molecule has 3 heterocycles. The maximum Gasteiger partial charge on any atom is 0.241 e. The van der Waals surface area contributed by atoms with Crippen LogP contribution in [0.4, 0.5) is 10.1 Å². The van der Waals surface area contributed by atoms with Crippen LogP contribution in [0.2, 0.25) is 0 Å². The van der Waals surface area contributed by atoms with Crippen LogP contribution in [0.1, 0.15) is 29.2 Å². The number of hydrogen-bond acceptors (Lipinski definition) is 8. The van der Waals surface area contributed by atoms with Gasteiger partial charge in [0.1, 0.15) is 11.7 Å². The average molecular weight is 457 g/mol. The third-order valence-electron chi connectivity index (χ3n) is 6.13. The Morgan fingerprint density at radius 1 is 1.41 bits per heavy atom. The molecule has 1 saturated carbocycles. The molecule has 2 atom stereocenters. The Morgan fingerprint density at radius 2 is 2.16 bits per heavy atom. The van der Waals surface area contributed by atoms with Gasteiger partial charge in [0, 0.05) is 25.7 Å². The fraction of sp³-hybridized carbons (Fsp3) is 0.429. The molecule has 3 aliphatic rings. The number of pyridine rings is 1. The lowest BCUT2D eigenvalue weighted by molar-refractivity contribution is -0.119. The van der Waals surface area contributed by atoms with E-state index in [1.54, 1.807) is 4.90 Å². The third kappa shape index (κ3) is 2.90. The zero-order valence-corrected chi connectivity index (χ0v) is 18.0. The summed E-state index contributed by atoms with van der Waals surface area (Å²) in [6.07, 6.45) is 1.65. The lowest BCUT2D eigenvalue weighted by Crippen LogP contribution is -2.57. The van der Waals surface area contributed by atoms with Crippen molar-refractivity contribution in [3.05, 3.63) is 27.7 Å². The molecule has 1 aromatic heterocycles. The van der Waals surface area contributed by atoms with Crippen molar-refractivity contribution in [3.8, 4) is 11.8 Å². The minimum Gasteiger partial charge on any atom is -0.492 e. The molecule has 32 heavy (non-hydrogen) atoms. The zero-order chi connectivity index (χ0) is 22.7. The summed E-state index contributed by atoms with van der Waals surface area (Å²) in [4.78, 5) is 39.6. The zero-order valence-electron chi connectivity index (χ0n) is 17.2. The molecular weight excluding hydrogens is 437 g/mol. The topological polar surface area (TPSA) is 130 Å². The molecule has 0 spiro atoms. The van der Waals surface area contributed by atoms with E-state index in [1.807, 2.05) is 10.6 Å². The quantitative estimate of drug-likeness (QED) is 0.693. The first kappa shape index (κ1) is 20.8. The normalized spacial score (nSPS) is 22.7. The number of methoxy groups -OCH3 is 1. The monoisotopic (exact) mass is 457 g/mol. The van der Waals surface area contributed by atoms with Crippen LogP contribution in [0.3, 0.4) is 0 Å². The second kappa shape index (κ2) is 7.50. The molecule has 0 radical (unpaired) electrons. The summed E-state index contributed by atoms with van der Waals surface area (Å²) in [5.74, 6) is -1.77. The summed E-state index contributed by atoms with van der Waals surface area (Å²) in [6.45, 7) is 1.08. The smallest absolute Gasteiger partial charge is 0.241 e. The number of fused-ring (bicyclic) bond motifs is 2. The molecule has 2 fully saturated rings. The van der Waals surface area contributed by atoms with Crippen LogP contribution in [-0.4, -0.2) is 54.3 Å². The fourth-order valence-corrected chi connectivity index (χ4v) is 5.72. The first-order valence-corrected chi connectivity index (χ1v) is 11.1. The number of nitriles is 1. The van der Waals surface area contributed by atoms with Gasteiger partial charge in [0.2, 0.25) is 11.3 Å². The Bertz CT molecular complexity index is 1280. The molecule has 2 aliphatic heterocycles. The highest BCUT2D eigenvalue weighted by atomic mass is 32.2. The van der Waals surface area contributed by atoms with Crippen molar-refractivity contribution in [2.75, 3.05) is 31.6 Å². The standard InChI is InChI=1S/C21H20FN5O4S/c1-31-19-15-10(6-11(22)16(19)26-5-4-25-8-12(26)20(24)30)17(28)14-18(29)13(7-23)32-21(14)27(15)9-2-3-9/h6,9,12-13,25H,2-5,8H2,1H3,(H2,24,30). The number of carbonyl (C=O) groups excluding carboxylic acids is 2. The van der Waals surface area contributed by atoms with Crippen LogP contribution in [0.25, 0.3) is 10.9 Å². The second-order valence-corrected chi connectivity index (χ2v) is 9.15. The Hall–Kier alpha value is -3.10. The number of amides is 1. The maximum absolute atomic E-state index is 15.5. The van der Waals surface area contributed by atoms with E-state index in [2.05, 4.69) is 5.32 Å². The number of piperazine rings is 1. The molecule has 0 bridgehead atoms. The summed E-state index contributed by atoms with van der Waals surface area (Å²) in [5.41, 5.74) is 5.33. The number of halogens is 1. The highest BCUT2D eigenvalue weighted by molar-refractivity contribution is 8.01. The number of anilines is 1. The summed E-state index contributed by atoms with van der Waals surface area (Å²) in [7, 11) is 1.38. The molecule has 5 rings (SSSR count). The largest absolute Gasteiger partial charge is 0.492 e. The van der Waals surface area contributed by atoms with Gasteiger partial charge in [-0.25, -0.2) is 4.39 Å². The van der Waals surface area contributed by atoms with Gasteiger partial charge in [-0.3, -0.25) is 14.4 Å². The summed E-state index contributed by atoms with van der Waals surface area (Å²) in [5, 5.41) is 11.9. The van der Waals surface area contributed by atoms with Crippen molar-refractivity contribution < 1.29 is 18.7 Å². The van der Waals surface area contributed by atoms with Gasteiger partial charge >= 0.3 is 0 Å². The van der Waals surface area contributed by atoms with Crippen LogP contribution < -0.4 is 26.1 Å². The van der Waals surface area contributed by atoms with Gasteiger partial charge < -0.3 is 25.3 Å². The Balaban J connectivity index is 1.86. The van der Waals surface area contributed by atoms with Gasteiger partial charge in [0.05, 0.1) is 34.7 Å². The molecule has 1 aromatic carbocycles. The van der Waals surface area contributed by atoms with Gasteiger partial charge in [0.15, 0.2) is 22.6 Å². The van der Waals surface area contributed by atoms with Gasteiger partial charge in [-0.15, -0.1) is 0 Å². The first-order chi connectivity index (χ1) is 15.4. The Kier molecular flexibility index (Phi) is 4.87. The number of nitrogens with zero attached hydrogens (tertiary/aromatic N) is 3. The highest BCUT2D eigenvalue weighted by Crippen LogP contribution is 2.49. The minimum atomic E-state index is -1.01. The predicted molar refractivity (Wildman–Crippen MR) is 116 cm³/mol. The summed E-state index contributed by atoms with van der Waals surface area (Å²) in [6, 6.07) is 2.26. The van der Waals surface area contributed by atoms with Gasteiger partial charge in [0.25, 0.3) is 0 Å². The number of ketones is 1. The molecule has 1 aliphatic carbocycles. The van der Waals surface area contributed by atoms with E-state index in [-0.39, 0.29) is 35.0 Å². The summed E-state index contributed by atoms with van der Waals surface area (Å²) < 4.78 is 23.0. The maximum atomic E-state index is 15.5. The molecular formula is C21H20FN5O4S. The number of primary amides is 1. The summed E-state index contributed by atoms with van der Waals surface area (Å²) >= 11 is 1.04. The first-order valence-electron chi connectivity index (χ1n) is 10.2. The van der Waals surface area contributed by atoms with Gasteiger partial charge in [-0.2, -0.15) is 5.26 Å². The molecule has 9 nitrogen and oxygen atoms in total. The van der Waals surface area contributed by atoms with Crippen molar-refractivity contribution in [1.82, 2.24) is 9.88 Å². The molecule has 166 valence electrons. The van der Waals surface area contributed by atoms with Crippen molar-refractivity contribution in [3.63, 3.8) is 0 Å². The second-order valence-electron chi connectivity index (χ2n) is 8.05. The minimum absolute atomic E-state index is 0.00626. The van der Waals surface area contributed by atoms with Crippen LogP contribution in [0.5, 0.6) is 5.75 Å². The van der Waals surface area contributed by atoms with Gasteiger partial charge in [-0.05, 0) is 18.9 Å². The Morgan fingerprint density at radius 3 is 2.78 bits per heavy atom. The number of thioether (sulfide) groups is 1.